The van der Waals surface area contributed by atoms with Gasteiger partial charge in [-0.1, -0.05) is 30.3 Å². The fraction of sp³-hybridized carbons (Fsp3) is 0.0667. The molecule has 2 N–H and O–H groups in total. The zero-order valence-electron chi connectivity index (χ0n) is 10.2. The minimum absolute atomic E-state index is 0.220. The van der Waals surface area contributed by atoms with Crippen molar-refractivity contribution >= 4 is 11.7 Å². The number of fused-ring (bicyclic) bond motifs is 1. The second-order valence-corrected chi connectivity index (χ2v) is 4.27. The summed E-state index contributed by atoms with van der Waals surface area (Å²) in [7, 11) is 0. The molecule has 1 amide bonds. The summed E-state index contributed by atoms with van der Waals surface area (Å²) in [5.41, 5.74) is 7.41. The van der Waals surface area contributed by atoms with Crippen molar-refractivity contribution in [2.75, 3.05) is 0 Å². The largest absolute Gasteiger partial charge is 0.457 e. The molecular formula is C15H12N2O2. The number of hydrogen-bond acceptors (Lipinski definition) is 3. The van der Waals surface area contributed by atoms with Gasteiger partial charge in [-0.3, -0.25) is 4.79 Å². The zero-order chi connectivity index (χ0) is 13.2. The summed E-state index contributed by atoms with van der Waals surface area (Å²) in [5.74, 6) is 1.35. The second-order valence-electron chi connectivity index (χ2n) is 4.27. The Hall–Kier alpha value is -2.62. The van der Waals surface area contributed by atoms with E-state index < -0.39 is 0 Å². The number of nitrogens with two attached hydrogens (primary N) is 1. The molecule has 4 nitrogen and oxygen atoms in total. The van der Waals surface area contributed by atoms with Crippen LogP contribution in [0.4, 0.5) is 0 Å². The van der Waals surface area contributed by atoms with Crippen molar-refractivity contribution in [1.29, 1.82) is 0 Å². The van der Waals surface area contributed by atoms with Gasteiger partial charge in [0, 0.05) is 0 Å². The van der Waals surface area contributed by atoms with Crippen molar-refractivity contribution in [2.24, 2.45) is 10.7 Å². The van der Waals surface area contributed by atoms with E-state index in [2.05, 4.69) is 4.99 Å². The predicted molar refractivity (Wildman–Crippen MR) is 72.4 cm³/mol. The molecule has 0 aliphatic carbocycles. The molecule has 4 heteroatoms. The number of benzene rings is 2. The molecule has 94 valence electrons. The Morgan fingerprint density at radius 3 is 2.63 bits per heavy atom. The first-order valence-corrected chi connectivity index (χ1v) is 5.96. The minimum atomic E-state index is -0.220. The first kappa shape index (κ1) is 11.5. The molecule has 3 rings (SSSR count). The summed E-state index contributed by atoms with van der Waals surface area (Å²) in [6, 6.07) is 15.0. The number of ether oxygens (including phenoxy) is 1. The predicted octanol–water partition coefficient (Wildman–Crippen LogP) is 2.27. The molecule has 0 saturated carbocycles. The van der Waals surface area contributed by atoms with Crippen LogP contribution < -0.4 is 10.5 Å². The lowest BCUT2D eigenvalue weighted by molar-refractivity contribution is -0.117. The first-order valence-electron chi connectivity index (χ1n) is 5.96. The molecule has 0 spiro atoms. The first-order chi connectivity index (χ1) is 9.24. The van der Waals surface area contributed by atoms with E-state index in [1.54, 1.807) is 0 Å². The summed E-state index contributed by atoms with van der Waals surface area (Å²) in [6.45, 7) is 0. The molecule has 0 fully saturated rings. The van der Waals surface area contributed by atoms with E-state index in [0.29, 0.717) is 11.3 Å². The van der Waals surface area contributed by atoms with E-state index in [9.17, 15) is 4.79 Å². The van der Waals surface area contributed by atoms with Gasteiger partial charge in [0.2, 0.25) is 0 Å². The van der Waals surface area contributed by atoms with Crippen LogP contribution in [0.5, 0.6) is 11.5 Å². The molecular weight excluding hydrogens is 240 g/mol. The lowest BCUT2D eigenvalue weighted by Gasteiger charge is -2.17. The lowest BCUT2D eigenvalue weighted by atomic mass is 10.00. The maximum Gasteiger partial charge on any atom is 0.252 e. The van der Waals surface area contributed by atoms with Crippen molar-refractivity contribution in [3.8, 4) is 11.5 Å². The third-order valence-corrected chi connectivity index (χ3v) is 2.93. The van der Waals surface area contributed by atoms with E-state index in [4.69, 9.17) is 10.5 Å². The molecule has 0 radical (unpaired) electrons. The molecule has 19 heavy (non-hydrogen) atoms. The van der Waals surface area contributed by atoms with Gasteiger partial charge in [0.15, 0.2) is 0 Å². The van der Waals surface area contributed by atoms with Crippen LogP contribution in [-0.4, -0.2) is 11.7 Å². The van der Waals surface area contributed by atoms with Crippen LogP contribution in [0.15, 0.2) is 53.5 Å². The summed E-state index contributed by atoms with van der Waals surface area (Å²) in [6.07, 6.45) is 0.266. The van der Waals surface area contributed by atoms with Crippen molar-refractivity contribution in [3.05, 3.63) is 59.7 Å². The van der Waals surface area contributed by atoms with Crippen LogP contribution in [0.1, 0.15) is 11.1 Å². The topological polar surface area (TPSA) is 64.7 Å². The number of amides is 1. The highest BCUT2D eigenvalue weighted by Gasteiger charge is 2.21. The SMILES string of the molecule is NC1=NC(=O)Cc2cccc(Oc3ccccc3)c21. The Morgan fingerprint density at radius 1 is 1.05 bits per heavy atom. The Morgan fingerprint density at radius 2 is 1.84 bits per heavy atom. The van der Waals surface area contributed by atoms with E-state index in [1.807, 2.05) is 48.5 Å². The number of nitrogens with zero attached hydrogens (tertiary/aromatic N) is 1. The maximum atomic E-state index is 11.4. The van der Waals surface area contributed by atoms with E-state index >= 15 is 0 Å². The lowest BCUT2D eigenvalue weighted by Crippen LogP contribution is -2.24. The van der Waals surface area contributed by atoms with Gasteiger partial charge in [0.05, 0.1) is 12.0 Å². The fourth-order valence-electron chi connectivity index (χ4n) is 2.11. The number of rotatable bonds is 2. The molecule has 0 bridgehead atoms. The van der Waals surface area contributed by atoms with Gasteiger partial charge < -0.3 is 10.5 Å². The molecule has 1 heterocycles. The smallest absolute Gasteiger partial charge is 0.252 e. The fourth-order valence-corrected chi connectivity index (χ4v) is 2.11. The summed E-state index contributed by atoms with van der Waals surface area (Å²) < 4.78 is 5.81. The Balaban J connectivity index is 2.04. The Kier molecular flexibility index (Phi) is 2.76. The van der Waals surface area contributed by atoms with Crippen molar-refractivity contribution in [1.82, 2.24) is 0 Å². The molecule has 0 aromatic heterocycles. The minimum Gasteiger partial charge on any atom is -0.457 e. The van der Waals surface area contributed by atoms with Crippen LogP contribution in [0, 0.1) is 0 Å². The number of amidine groups is 1. The average molecular weight is 252 g/mol. The number of hydrogen-bond donors (Lipinski definition) is 1. The standard InChI is InChI=1S/C15H12N2O2/c16-15-14-10(9-13(18)17-15)5-4-8-12(14)19-11-6-2-1-3-7-11/h1-8H,9H2,(H2,16,17,18). The molecule has 1 aliphatic rings. The van der Waals surface area contributed by atoms with Gasteiger partial charge in [-0.2, -0.15) is 4.99 Å². The zero-order valence-corrected chi connectivity index (χ0v) is 10.2. The highest BCUT2D eigenvalue weighted by Crippen LogP contribution is 2.29. The van der Waals surface area contributed by atoms with Gasteiger partial charge in [-0.05, 0) is 23.8 Å². The van der Waals surface area contributed by atoms with E-state index in [-0.39, 0.29) is 18.2 Å². The Labute approximate surface area is 110 Å². The van der Waals surface area contributed by atoms with Crippen molar-refractivity contribution in [3.63, 3.8) is 0 Å². The van der Waals surface area contributed by atoms with Crippen LogP contribution in [0.25, 0.3) is 0 Å². The van der Waals surface area contributed by atoms with E-state index in [0.717, 1.165) is 11.3 Å². The van der Waals surface area contributed by atoms with Crippen LogP contribution >= 0.6 is 0 Å². The number of para-hydroxylation sites is 1. The summed E-state index contributed by atoms with van der Waals surface area (Å²) in [4.78, 5) is 15.2. The molecule has 2 aromatic carbocycles. The number of carbonyl (C=O) groups is 1. The highest BCUT2D eigenvalue weighted by atomic mass is 16.5. The summed E-state index contributed by atoms with van der Waals surface area (Å²) >= 11 is 0. The molecule has 1 aliphatic heterocycles. The maximum absolute atomic E-state index is 11.4. The van der Waals surface area contributed by atoms with Gasteiger partial charge in [-0.15, -0.1) is 0 Å². The van der Waals surface area contributed by atoms with Crippen LogP contribution in [0.3, 0.4) is 0 Å². The highest BCUT2D eigenvalue weighted by molar-refractivity contribution is 6.10. The molecule has 0 saturated heterocycles. The second kappa shape index (κ2) is 4.57. The third-order valence-electron chi connectivity index (χ3n) is 2.93. The van der Waals surface area contributed by atoms with Crippen molar-refractivity contribution < 1.29 is 9.53 Å². The molecule has 0 atom stereocenters. The van der Waals surface area contributed by atoms with Gasteiger partial charge >= 0.3 is 0 Å². The average Bonchev–Trinajstić information content (AvgIpc) is 2.39. The van der Waals surface area contributed by atoms with Crippen LogP contribution in [0.2, 0.25) is 0 Å². The summed E-state index contributed by atoms with van der Waals surface area (Å²) in [5, 5.41) is 0. The number of aliphatic imine (C=N–C) groups is 1. The molecule has 2 aromatic rings. The quantitative estimate of drug-likeness (QED) is 0.891. The van der Waals surface area contributed by atoms with Gasteiger partial charge in [0.25, 0.3) is 5.91 Å². The van der Waals surface area contributed by atoms with Gasteiger partial charge in [0.1, 0.15) is 17.3 Å². The van der Waals surface area contributed by atoms with Gasteiger partial charge in [-0.25, -0.2) is 0 Å². The normalized spacial score (nSPS) is 13.7. The number of carbonyl (C=O) groups excluding carboxylic acids is 1. The molecule has 0 unspecified atom stereocenters. The van der Waals surface area contributed by atoms with Crippen LogP contribution in [-0.2, 0) is 11.2 Å². The van der Waals surface area contributed by atoms with Crippen molar-refractivity contribution in [2.45, 2.75) is 6.42 Å². The Bertz CT molecular complexity index is 663. The monoisotopic (exact) mass is 252 g/mol. The third kappa shape index (κ3) is 2.20. The van der Waals surface area contributed by atoms with E-state index in [1.165, 1.54) is 0 Å².